The molecule has 1 radical (unpaired) electrons. The van der Waals surface area contributed by atoms with Crippen molar-refractivity contribution in [3.05, 3.63) is 0 Å². The Kier molecular flexibility index (Phi) is 1.94. The van der Waals surface area contributed by atoms with E-state index in [-0.39, 0.29) is 6.04 Å². The Balaban J connectivity index is 2.50. The molecule has 1 aliphatic carbocycles. The summed E-state index contributed by atoms with van der Waals surface area (Å²) in [5.41, 5.74) is -0.711. The quantitative estimate of drug-likeness (QED) is 0.531. The van der Waals surface area contributed by atoms with Crippen LogP contribution in [0.5, 0.6) is 0 Å². The Morgan fingerprint density at radius 3 is 2.90 bits per heavy atom. The van der Waals surface area contributed by atoms with Crippen LogP contribution in [-0.4, -0.2) is 23.2 Å². The molecule has 0 heterocycles. The first kappa shape index (κ1) is 7.54. The Morgan fingerprint density at radius 2 is 2.50 bits per heavy atom. The van der Waals surface area contributed by atoms with Crippen molar-refractivity contribution in [2.75, 3.05) is 0 Å². The van der Waals surface area contributed by atoms with Gasteiger partial charge < -0.3 is 10.4 Å². The summed E-state index contributed by atoms with van der Waals surface area (Å²) in [5.74, 6) is 0. The maximum atomic E-state index is 9.90. The number of nitrogens with one attached hydrogen (secondary N) is 1. The van der Waals surface area contributed by atoms with Gasteiger partial charge in [0.25, 0.3) is 0 Å². The van der Waals surface area contributed by atoms with Crippen LogP contribution in [0, 0.1) is 0 Å². The lowest BCUT2D eigenvalue weighted by Gasteiger charge is -2.23. The van der Waals surface area contributed by atoms with Crippen LogP contribution in [0.25, 0.3) is 0 Å². The molecule has 0 aromatic heterocycles. The summed E-state index contributed by atoms with van der Waals surface area (Å²) < 4.78 is 0. The lowest BCUT2D eigenvalue weighted by Crippen LogP contribution is -2.43. The van der Waals surface area contributed by atoms with Crippen LogP contribution in [0.15, 0.2) is 0 Å². The Hall–Kier alpha value is -0.570. The maximum Gasteiger partial charge on any atom is 0.309 e. The summed E-state index contributed by atoms with van der Waals surface area (Å²) in [4.78, 5) is 9.90. The van der Waals surface area contributed by atoms with Gasteiger partial charge in [0, 0.05) is 0 Å². The molecule has 3 nitrogen and oxygen atoms in total. The van der Waals surface area contributed by atoms with E-state index in [1.165, 1.54) is 0 Å². The van der Waals surface area contributed by atoms with Gasteiger partial charge >= 0.3 is 6.41 Å². The molecular weight excluding hydrogens is 130 g/mol. The second-order valence-electron chi connectivity index (χ2n) is 3.05. The van der Waals surface area contributed by atoms with E-state index < -0.39 is 5.60 Å². The molecule has 1 amide bonds. The second kappa shape index (κ2) is 2.58. The number of aliphatic hydroxyl groups is 1. The summed E-state index contributed by atoms with van der Waals surface area (Å²) in [5, 5.41) is 12.0. The highest BCUT2D eigenvalue weighted by atomic mass is 16.3. The topological polar surface area (TPSA) is 49.3 Å². The van der Waals surface area contributed by atoms with Crippen molar-refractivity contribution in [3.8, 4) is 0 Å². The molecule has 10 heavy (non-hydrogen) atoms. The largest absolute Gasteiger partial charge is 0.388 e. The zero-order valence-electron chi connectivity index (χ0n) is 6.05. The van der Waals surface area contributed by atoms with Gasteiger partial charge in [-0.05, 0) is 26.2 Å². The molecule has 57 valence electrons. The van der Waals surface area contributed by atoms with E-state index in [0.29, 0.717) is 0 Å². The van der Waals surface area contributed by atoms with Crippen molar-refractivity contribution in [2.24, 2.45) is 0 Å². The molecule has 0 aliphatic heterocycles. The molecule has 2 atom stereocenters. The van der Waals surface area contributed by atoms with Crippen LogP contribution in [-0.2, 0) is 4.79 Å². The monoisotopic (exact) mass is 142 g/mol. The predicted octanol–water partition coefficient (Wildman–Crippen LogP) is -0.0533. The highest BCUT2D eigenvalue weighted by Gasteiger charge is 2.36. The van der Waals surface area contributed by atoms with Gasteiger partial charge in [-0.2, -0.15) is 0 Å². The number of amides is 1. The highest BCUT2D eigenvalue weighted by Crippen LogP contribution is 2.28. The Labute approximate surface area is 60.4 Å². The van der Waals surface area contributed by atoms with Crippen LogP contribution in [0.1, 0.15) is 26.2 Å². The maximum absolute atomic E-state index is 9.90. The summed E-state index contributed by atoms with van der Waals surface area (Å²) in [6.07, 6.45) is 4.22. The summed E-state index contributed by atoms with van der Waals surface area (Å²) in [7, 11) is 0. The van der Waals surface area contributed by atoms with Gasteiger partial charge in [-0.1, -0.05) is 0 Å². The number of hydrogen-bond donors (Lipinski definition) is 2. The van der Waals surface area contributed by atoms with Crippen LogP contribution < -0.4 is 5.32 Å². The van der Waals surface area contributed by atoms with Gasteiger partial charge in [0.1, 0.15) is 0 Å². The third-order valence-corrected chi connectivity index (χ3v) is 2.16. The van der Waals surface area contributed by atoms with Gasteiger partial charge in [0.2, 0.25) is 0 Å². The van der Waals surface area contributed by atoms with Gasteiger partial charge in [-0.25, -0.2) is 0 Å². The minimum Gasteiger partial charge on any atom is -0.388 e. The molecule has 0 aromatic rings. The molecule has 0 spiro atoms. The van der Waals surface area contributed by atoms with E-state index in [1.807, 2.05) is 0 Å². The third-order valence-electron chi connectivity index (χ3n) is 2.16. The zero-order chi connectivity index (χ0) is 7.61. The lowest BCUT2D eigenvalue weighted by atomic mass is 10.0. The highest BCUT2D eigenvalue weighted by molar-refractivity contribution is 5.48. The van der Waals surface area contributed by atoms with Crippen molar-refractivity contribution >= 4 is 6.41 Å². The van der Waals surface area contributed by atoms with Crippen LogP contribution in [0.3, 0.4) is 0 Å². The first-order valence-electron chi connectivity index (χ1n) is 3.52. The smallest absolute Gasteiger partial charge is 0.309 e. The van der Waals surface area contributed by atoms with Crippen molar-refractivity contribution in [1.82, 2.24) is 5.32 Å². The average Bonchev–Trinajstić information content (AvgIpc) is 2.13. The normalized spacial score (nSPS) is 39.6. The summed E-state index contributed by atoms with van der Waals surface area (Å²) in [6.45, 7) is 1.75. The van der Waals surface area contributed by atoms with E-state index in [0.717, 1.165) is 19.3 Å². The molecule has 2 N–H and O–H groups in total. The fourth-order valence-electron chi connectivity index (χ4n) is 1.45. The minimum absolute atomic E-state index is 0.0926. The first-order chi connectivity index (χ1) is 4.67. The van der Waals surface area contributed by atoms with E-state index in [1.54, 1.807) is 13.3 Å². The van der Waals surface area contributed by atoms with Crippen molar-refractivity contribution in [2.45, 2.75) is 37.8 Å². The Morgan fingerprint density at radius 1 is 1.80 bits per heavy atom. The standard InChI is InChI=1S/C7H12NO2/c1-7(10)4-2-3-6(7)8-5-9/h6,10H,2-4H2,1H3,(H,8,9). The van der Waals surface area contributed by atoms with Gasteiger partial charge in [-0.3, -0.25) is 4.79 Å². The van der Waals surface area contributed by atoms with E-state index in [4.69, 9.17) is 0 Å². The summed E-state index contributed by atoms with van der Waals surface area (Å²) >= 11 is 0. The molecule has 0 saturated heterocycles. The van der Waals surface area contributed by atoms with Crippen LogP contribution >= 0.6 is 0 Å². The second-order valence-corrected chi connectivity index (χ2v) is 3.05. The summed E-state index contributed by atoms with van der Waals surface area (Å²) in [6, 6.07) is -0.0926. The van der Waals surface area contributed by atoms with Crippen LogP contribution in [0.2, 0.25) is 0 Å². The number of rotatable bonds is 2. The Bertz CT molecular complexity index is 134. The minimum atomic E-state index is -0.711. The zero-order valence-corrected chi connectivity index (χ0v) is 6.05. The predicted molar refractivity (Wildman–Crippen MR) is 37.1 cm³/mol. The SMILES string of the molecule is CC1(O)CCCC1N[C]=O. The van der Waals surface area contributed by atoms with Gasteiger partial charge in [0.15, 0.2) is 0 Å². The molecule has 1 aliphatic rings. The molecule has 0 aromatic carbocycles. The van der Waals surface area contributed by atoms with Crippen LogP contribution in [0.4, 0.5) is 0 Å². The molecule has 1 saturated carbocycles. The lowest BCUT2D eigenvalue weighted by molar-refractivity contribution is 0.0453. The first-order valence-corrected chi connectivity index (χ1v) is 3.52. The van der Waals surface area contributed by atoms with Gasteiger partial charge in [-0.15, -0.1) is 0 Å². The fourth-order valence-corrected chi connectivity index (χ4v) is 1.45. The van der Waals surface area contributed by atoms with Crippen molar-refractivity contribution in [3.63, 3.8) is 0 Å². The molecule has 1 rings (SSSR count). The molecule has 1 fully saturated rings. The fraction of sp³-hybridized carbons (Fsp3) is 0.857. The number of carbonyl (C=O) groups excluding carboxylic acids is 1. The molecular formula is C7H12NO2. The average molecular weight is 142 g/mol. The number of hydrogen-bond acceptors (Lipinski definition) is 2. The van der Waals surface area contributed by atoms with Crippen molar-refractivity contribution < 1.29 is 9.90 Å². The molecule has 2 unspecified atom stereocenters. The van der Waals surface area contributed by atoms with E-state index in [2.05, 4.69) is 5.32 Å². The van der Waals surface area contributed by atoms with E-state index >= 15 is 0 Å². The van der Waals surface area contributed by atoms with Crippen molar-refractivity contribution in [1.29, 1.82) is 0 Å². The van der Waals surface area contributed by atoms with Gasteiger partial charge in [0.05, 0.1) is 11.6 Å². The molecule has 0 bridgehead atoms. The molecule has 3 heteroatoms. The third kappa shape index (κ3) is 1.29. The van der Waals surface area contributed by atoms with E-state index in [9.17, 15) is 9.90 Å².